The van der Waals surface area contributed by atoms with Gasteiger partial charge in [-0.15, -0.1) is 0 Å². The van der Waals surface area contributed by atoms with E-state index < -0.39 is 22.0 Å². The van der Waals surface area contributed by atoms with E-state index in [0.29, 0.717) is 42.3 Å². The van der Waals surface area contributed by atoms with E-state index in [1.165, 1.54) is 4.31 Å². The molecular formula is C23H29N3O5S. The lowest BCUT2D eigenvalue weighted by Crippen LogP contribution is -2.47. The summed E-state index contributed by atoms with van der Waals surface area (Å²) in [5, 5.41) is 5.61. The lowest BCUT2D eigenvalue weighted by atomic mass is 10.0. The molecule has 9 heteroatoms. The zero-order chi connectivity index (χ0) is 23.3. The van der Waals surface area contributed by atoms with Crippen molar-refractivity contribution in [1.29, 1.82) is 0 Å². The summed E-state index contributed by atoms with van der Waals surface area (Å²) in [7, 11) is -3.26. The highest BCUT2D eigenvalue weighted by atomic mass is 32.2. The van der Waals surface area contributed by atoms with Gasteiger partial charge in [0, 0.05) is 12.2 Å². The van der Waals surface area contributed by atoms with Crippen LogP contribution in [0.1, 0.15) is 37.6 Å². The van der Waals surface area contributed by atoms with Gasteiger partial charge in [0.15, 0.2) is 0 Å². The Kier molecular flexibility index (Phi) is 7.40. The summed E-state index contributed by atoms with van der Waals surface area (Å²) >= 11 is 0. The molecule has 3 rings (SSSR count). The Balaban J connectivity index is 1.70. The van der Waals surface area contributed by atoms with Crippen LogP contribution in [-0.2, 0) is 14.8 Å². The molecule has 0 saturated carbocycles. The number of sulfonamides is 1. The van der Waals surface area contributed by atoms with Crippen LogP contribution in [-0.4, -0.2) is 45.2 Å². The molecule has 1 fully saturated rings. The Labute approximate surface area is 189 Å². The normalized spacial score (nSPS) is 15.9. The molecule has 1 aliphatic heterocycles. The Morgan fingerprint density at radius 2 is 1.78 bits per heavy atom. The van der Waals surface area contributed by atoms with Gasteiger partial charge in [0.1, 0.15) is 11.8 Å². The van der Waals surface area contributed by atoms with Crippen LogP contribution in [0, 0.1) is 5.92 Å². The molecule has 0 aromatic heterocycles. The van der Waals surface area contributed by atoms with Crippen LogP contribution >= 0.6 is 0 Å². The molecule has 8 nitrogen and oxygen atoms in total. The summed E-state index contributed by atoms with van der Waals surface area (Å²) in [6.07, 6.45) is 0.600. The fraction of sp³-hybridized carbons (Fsp3) is 0.391. The van der Waals surface area contributed by atoms with Gasteiger partial charge in [-0.2, -0.15) is 0 Å². The number of carbonyl (C=O) groups is 2. The molecule has 1 unspecified atom stereocenters. The van der Waals surface area contributed by atoms with Crippen LogP contribution in [0.3, 0.4) is 0 Å². The first-order valence-electron chi connectivity index (χ1n) is 10.7. The summed E-state index contributed by atoms with van der Waals surface area (Å²) in [6, 6.07) is 12.8. The topological polar surface area (TPSA) is 105 Å². The quantitative estimate of drug-likeness (QED) is 0.631. The van der Waals surface area contributed by atoms with Crippen LogP contribution in [0.5, 0.6) is 5.75 Å². The number of carbonyl (C=O) groups excluding carboxylic acids is 2. The molecule has 0 bridgehead atoms. The third-order valence-corrected chi connectivity index (χ3v) is 7.06. The summed E-state index contributed by atoms with van der Waals surface area (Å²) in [4.78, 5) is 25.7. The monoisotopic (exact) mass is 459 g/mol. The van der Waals surface area contributed by atoms with Crippen molar-refractivity contribution in [3.8, 4) is 5.75 Å². The maximum Gasteiger partial charge on any atom is 0.255 e. The fourth-order valence-corrected chi connectivity index (χ4v) is 5.11. The SMILES string of the molecule is CCOc1ccccc1C(=O)NC(C(=O)Nc1ccc(N2CCCS2(=O)=O)cc1)C(C)C. The number of nitrogens with one attached hydrogen (secondary N) is 2. The van der Waals surface area contributed by atoms with Gasteiger partial charge in [-0.05, 0) is 55.7 Å². The minimum absolute atomic E-state index is 0.147. The minimum Gasteiger partial charge on any atom is -0.493 e. The molecule has 1 heterocycles. The van der Waals surface area contributed by atoms with Crippen LogP contribution in [0.2, 0.25) is 0 Å². The van der Waals surface area contributed by atoms with Gasteiger partial charge in [-0.1, -0.05) is 26.0 Å². The van der Waals surface area contributed by atoms with Gasteiger partial charge in [0.05, 0.1) is 23.6 Å². The predicted molar refractivity (Wildman–Crippen MR) is 125 cm³/mol. The molecule has 0 spiro atoms. The van der Waals surface area contributed by atoms with Crippen molar-refractivity contribution in [2.45, 2.75) is 33.2 Å². The highest BCUT2D eigenvalue weighted by molar-refractivity contribution is 7.93. The van der Waals surface area contributed by atoms with E-state index >= 15 is 0 Å². The van der Waals surface area contributed by atoms with Crippen LogP contribution < -0.4 is 19.7 Å². The second-order valence-corrected chi connectivity index (χ2v) is 9.91. The van der Waals surface area contributed by atoms with Crippen molar-refractivity contribution in [2.24, 2.45) is 5.92 Å². The van der Waals surface area contributed by atoms with Crippen molar-refractivity contribution < 1.29 is 22.7 Å². The standard InChI is InChI=1S/C23H29N3O5S/c1-4-31-20-9-6-5-8-19(20)22(27)25-21(16(2)3)23(28)24-17-10-12-18(13-11-17)26-14-7-15-32(26,29)30/h5-6,8-13,16,21H,4,7,14-15H2,1-3H3,(H,24,28)(H,25,27). The predicted octanol–water partition coefficient (Wildman–Crippen LogP) is 3.02. The average molecular weight is 460 g/mol. The third-order valence-electron chi connectivity index (χ3n) is 5.19. The molecule has 1 saturated heterocycles. The molecule has 0 radical (unpaired) electrons. The van der Waals surface area contributed by atoms with Crippen molar-refractivity contribution in [2.75, 3.05) is 28.5 Å². The smallest absolute Gasteiger partial charge is 0.255 e. The van der Waals surface area contributed by atoms with E-state index in [2.05, 4.69) is 10.6 Å². The maximum absolute atomic E-state index is 12.9. The zero-order valence-electron chi connectivity index (χ0n) is 18.5. The first kappa shape index (κ1) is 23.6. The number of hydrogen-bond acceptors (Lipinski definition) is 5. The molecule has 172 valence electrons. The van der Waals surface area contributed by atoms with E-state index in [-0.39, 0.29) is 17.6 Å². The first-order chi connectivity index (χ1) is 15.2. The van der Waals surface area contributed by atoms with Crippen LogP contribution in [0.4, 0.5) is 11.4 Å². The molecule has 2 aromatic carbocycles. The minimum atomic E-state index is -3.26. The lowest BCUT2D eigenvalue weighted by molar-refractivity contribution is -0.118. The summed E-state index contributed by atoms with van der Waals surface area (Å²) < 4.78 is 31.1. The number of anilines is 2. The lowest BCUT2D eigenvalue weighted by Gasteiger charge is -2.23. The zero-order valence-corrected chi connectivity index (χ0v) is 19.3. The second-order valence-electron chi connectivity index (χ2n) is 7.90. The van der Waals surface area contributed by atoms with Crippen LogP contribution in [0.25, 0.3) is 0 Å². The highest BCUT2D eigenvalue weighted by Gasteiger charge is 2.29. The molecule has 32 heavy (non-hydrogen) atoms. The van der Waals surface area contributed by atoms with Crippen molar-refractivity contribution in [3.05, 3.63) is 54.1 Å². The van der Waals surface area contributed by atoms with E-state index in [9.17, 15) is 18.0 Å². The van der Waals surface area contributed by atoms with Gasteiger partial charge in [0.25, 0.3) is 5.91 Å². The molecule has 2 amide bonds. The number of amides is 2. The summed E-state index contributed by atoms with van der Waals surface area (Å²) in [5.74, 6) is -0.301. The van der Waals surface area contributed by atoms with Crippen molar-refractivity contribution in [3.63, 3.8) is 0 Å². The van der Waals surface area contributed by atoms with Crippen molar-refractivity contribution >= 4 is 33.2 Å². The number of hydrogen-bond donors (Lipinski definition) is 2. The average Bonchev–Trinajstić information content (AvgIpc) is 3.11. The fourth-order valence-electron chi connectivity index (χ4n) is 3.55. The maximum atomic E-state index is 12.9. The third kappa shape index (κ3) is 5.40. The van der Waals surface area contributed by atoms with Crippen LogP contribution in [0.15, 0.2) is 48.5 Å². The second kappa shape index (κ2) is 10.0. The van der Waals surface area contributed by atoms with Gasteiger partial charge < -0.3 is 15.4 Å². The van der Waals surface area contributed by atoms with Crippen molar-refractivity contribution in [1.82, 2.24) is 5.32 Å². The number of nitrogens with zero attached hydrogens (tertiary/aromatic N) is 1. The van der Waals surface area contributed by atoms with E-state index in [1.54, 1.807) is 48.5 Å². The largest absolute Gasteiger partial charge is 0.493 e. The first-order valence-corrected chi connectivity index (χ1v) is 12.3. The van der Waals surface area contributed by atoms with Gasteiger partial charge in [-0.3, -0.25) is 13.9 Å². The van der Waals surface area contributed by atoms with E-state index in [0.717, 1.165) is 0 Å². The van der Waals surface area contributed by atoms with Gasteiger partial charge >= 0.3 is 0 Å². The number of benzene rings is 2. The summed E-state index contributed by atoms with van der Waals surface area (Å²) in [6.45, 7) is 6.41. The number of para-hydroxylation sites is 1. The summed E-state index contributed by atoms with van der Waals surface area (Å²) in [5.41, 5.74) is 1.45. The molecule has 1 aliphatic rings. The molecule has 0 aliphatic carbocycles. The molecular weight excluding hydrogens is 430 g/mol. The van der Waals surface area contributed by atoms with E-state index in [4.69, 9.17) is 4.74 Å². The Bertz CT molecular complexity index is 1070. The highest BCUT2D eigenvalue weighted by Crippen LogP contribution is 2.25. The Morgan fingerprint density at radius 1 is 1.09 bits per heavy atom. The van der Waals surface area contributed by atoms with Gasteiger partial charge in [-0.25, -0.2) is 8.42 Å². The Morgan fingerprint density at radius 3 is 2.38 bits per heavy atom. The molecule has 2 N–H and O–H groups in total. The number of ether oxygens (including phenoxy) is 1. The number of rotatable bonds is 8. The molecule has 1 atom stereocenters. The van der Waals surface area contributed by atoms with E-state index in [1.807, 2.05) is 20.8 Å². The molecule has 2 aromatic rings. The Hall–Kier alpha value is -3.07. The van der Waals surface area contributed by atoms with Gasteiger partial charge in [0.2, 0.25) is 15.9 Å².